The molecule has 1 amide bonds. The second-order valence-electron chi connectivity index (χ2n) is 8.91. The quantitative estimate of drug-likeness (QED) is 0.443. The van der Waals surface area contributed by atoms with E-state index < -0.39 is 0 Å². The summed E-state index contributed by atoms with van der Waals surface area (Å²) in [7, 11) is 0. The fraction of sp³-hybridized carbons (Fsp3) is 0.864. The molecule has 0 aromatic heterocycles. The third kappa shape index (κ3) is 6.36. The minimum atomic E-state index is 0.0353. The van der Waals surface area contributed by atoms with Gasteiger partial charge in [-0.1, -0.05) is 19.4 Å². The van der Waals surface area contributed by atoms with Gasteiger partial charge in [0.1, 0.15) is 5.76 Å². The molecule has 160 valence electrons. The number of hydrogen-bond donors (Lipinski definition) is 3. The Hall–Kier alpha value is -0.780. The van der Waals surface area contributed by atoms with E-state index in [1.807, 2.05) is 6.92 Å². The molecule has 3 fully saturated rings. The maximum absolute atomic E-state index is 12.6. The van der Waals surface area contributed by atoms with Crippen LogP contribution in [0.2, 0.25) is 0 Å². The van der Waals surface area contributed by atoms with Crippen LogP contribution in [-0.4, -0.2) is 43.2 Å². The molecule has 3 aliphatic rings. The van der Waals surface area contributed by atoms with Gasteiger partial charge in [0.15, 0.2) is 0 Å². The van der Waals surface area contributed by atoms with Gasteiger partial charge in [-0.3, -0.25) is 10.1 Å². The first-order valence-corrected chi connectivity index (χ1v) is 11.7. The van der Waals surface area contributed by atoms with Gasteiger partial charge in [0.05, 0.1) is 24.7 Å². The van der Waals surface area contributed by atoms with E-state index in [9.17, 15) is 4.79 Å². The average molecular weight is 412 g/mol. The Bertz CT molecular complexity index is 514. The van der Waals surface area contributed by atoms with Crippen LogP contribution in [0.1, 0.15) is 64.7 Å². The molecule has 6 atom stereocenters. The summed E-state index contributed by atoms with van der Waals surface area (Å²) in [5, 5.41) is 10.6. The molecule has 3 rings (SSSR count). The molecule has 0 radical (unpaired) electrons. The van der Waals surface area contributed by atoms with Gasteiger partial charge in [-0.2, -0.15) is 0 Å². The molecule has 0 aromatic carbocycles. The highest BCUT2D eigenvalue weighted by molar-refractivity contribution is 6.20. The largest absolute Gasteiger partial charge is 0.497 e. The Morgan fingerprint density at radius 3 is 2.61 bits per heavy atom. The van der Waals surface area contributed by atoms with Gasteiger partial charge >= 0.3 is 0 Å². The van der Waals surface area contributed by atoms with Gasteiger partial charge in [-0.25, -0.2) is 0 Å². The predicted molar refractivity (Wildman–Crippen MR) is 114 cm³/mol. The number of alkyl halides is 1. The Labute approximate surface area is 175 Å². The second-order valence-corrected chi connectivity index (χ2v) is 9.53. The molecule has 28 heavy (non-hydrogen) atoms. The number of ether oxygens (including phenoxy) is 1. The van der Waals surface area contributed by atoms with Crippen molar-refractivity contribution in [2.24, 2.45) is 17.8 Å². The number of halogens is 1. The third-order valence-corrected chi connectivity index (χ3v) is 7.12. The van der Waals surface area contributed by atoms with Gasteiger partial charge in [0.2, 0.25) is 5.91 Å². The highest BCUT2D eigenvalue weighted by Crippen LogP contribution is 2.34. The zero-order valence-electron chi connectivity index (χ0n) is 17.4. The van der Waals surface area contributed by atoms with E-state index in [0.717, 1.165) is 43.4 Å². The summed E-state index contributed by atoms with van der Waals surface area (Å²) < 4.78 is 5.49. The molecule has 1 aliphatic carbocycles. The van der Waals surface area contributed by atoms with E-state index in [1.165, 1.54) is 38.5 Å². The molecule has 5 nitrogen and oxygen atoms in total. The molecule has 2 aliphatic heterocycles. The Morgan fingerprint density at radius 2 is 1.96 bits per heavy atom. The fourth-order valence-corrected chi connectivity index (χ4v) is 5.49. The fourth-order valence-electron chi connectivity index (χ4n) is 5.08. The van der Waals surface area contributed by atoms with E-state index in [0.29, 0.717) is 18.5 Å². The van der Waals surface area contributed by atoms with Crippen LogP contribution in [0.3, 0.4) is 0 Å². The first-order chi connectivity index (χ1) is 13.5. The molecule has 6 unspecified atom stereocenters. The Kier molecular flexibility index (Phi) is 8.49. The third-order valence-electron chi connectivity index (χ3n) is 6.72. The summed E-state index contributed by atoms with van der Waals surface area (Å²) in [5.41, 5.74) is 0. The lowest BCUT2D eigenvalue weighted by Crippen LogP contribution is -2.54. The lowest BCUT2D eigenvalue weighted by molar-refractivity contribution is -0.126. The molecule has 1 saturated carbocycles. The van der Waals surface area contributed by atoms with Gasteiger partial charge in [0.25, 0.3) is 0 Å². The summed E-state index contributed by atoms with van der Waals surface area (Å²) in [5.74, 6) is 2.51. The van der Waals surface area contributed by atoms with Crippen molar-refractivity contribution in [1.29, 1.82) is 0 Å². The van der Waals surface area contributed by atoms with Gasteiger partial charge in [-0.05, 0) is 70.3 Å². The maximum atomic E-state index is 12.6. The van der Waals surface area contributed by atoms with Crippen molar-refractivity contribution in [2.45, 2.75) is 82.3 Å². The number of hydrogen-bond acceptors (Lipinski definition) is 4. The summed E-state index contributed by atoms with van der Waals surface area (Å²) in [4.78, 5) is 12.6. The van der Waals surface area contributed by atoms with Gasteiger partial charge < -0.3 is 15.4 Å². The summed E-state index contributed by atoms with van der Waals surface area (Å²) in [6.45, 7) is 8.29. The molecule has 3 N–H and O–H groups in total. The average Bonchev–Trinajstić information content (AvgIpc) is 2.70. The molecule has 0 bridgehead atoms. The minimum absolute atomic E-state index is 0.0353. The smallest absolute Gasteiger partial charge is 0.225 e. The summed E-state index contributed by atoms with van der Waals surface area (Å²) in [6.07, 6.45) is 10.4. The van der Waals surface area contributed by atoms with Crippen LogP contribution in [0.25, 0.3) is 0 Å². The molecule has 2 heterocycles. The first kappa shape index (κ1) is 21.9. The number of piperidine rings is 2. The number of carbonyl (C=O) groups excluding carboxylic acids is 1. The van der Waals surface area contributed by atoms with Crippen molar-refractivity contribution in [3.63, 3.8) is 0 Å². The molecular weight excluding hydrogens is 374 g/mol. The van der Waals surface area contributed by atoms with E-state index in [1.54, 1.807) is 0 Å². The Balaban J connectivity index is 1.33. The number of rotatable bonds is 7. The van der Waals surface area contributed by atoms with E-state index in [4.69, 9.17) is 16.3 Å². The zero-order valence-corrected chi connectivity index (χ0v) is 18.1. The van der Waals surface area contributed by atoms with Crippen molar-refractivity contribution >= 4 is 17.5 Å². The van der Waals surface area contributed by atoms with Gasteiger partial charge in [0, 0.05) is 11.9 Å². The van der Waals surface area contributed by atoms with Crippen LogP contribution in [0.15, 0.2) is 12.3 Å². The van der Waals surface area contributed by atoms with Crippen molar-refractivity contribution in [3.8, 4) is 0 Å². The number of carbonyl (C=O) groups is 1. The van der Waals surface area contributed by atoms with Crippen LogP contribution >= 0.6 is 11.6 Å². The highest BCUT2D eigenvalue weighted by atomic mass is 35.5. The lowest BCUT2D eigenvalue weighted by atomic mass is 9.80. The number of amides is 1. The van der Waals surface area contributed by atoms with E-state index in [2.05, 4.69) is 22.5 Å². The van der Waals surface area contributed by atoms with Crippen molar-refractivity contribution < 1.29 is 9.53 Å². The van der Waals surface area contributed by atoms with Crippen LogP contribution in [0.4, 0.5) is 0 Å². The normalized spacial score (nSPS) is 36.5. The SMILES string of the molecule is C=C(OCC)C1CCC(C(=O)NC2CCC(CC3CCCC(Cl)C3)CN2)CN1. The van der Waals surface area contributed by atoms with Crippen molar-refractivity contribution in [2.75, 3.05) is 19.7 Å². The summed E-state index contributed by atoms with van der Waals surface area (Å²) in [6, 6.07) is 0.171. The predicted octanol–water partition coefficient (Wildman–Crippen LogP) is 3.53. The minimum Gasteiger partial charge on any atom is -0.497 e. The Morgan fingerprint density at radius 1 is 1.11 bits per heavy atom. The molecule has 0 aromatic rings. The van der Waals surface area contributed by atoms with Gasteiger partial charge in [-0.15, -0.1) is 11.6 Å². The molecule has 0 spiro atoms. The second kappa shape index (κ2) is 10.8. The highest BCUT2D eigenvalue weighted by Gasteiger charge is 2.31. The first-order valence-electron chi connectivity index (χ1n) is 11.3. The monoisotopic (exact) mass is 411 g/mol. The lowest BCUT2D eigenvalue weighted by Gasteiger charge is -2.35. The van der Waals surface area contributed by atoms with Crippen LogP contribution in [0.5, 0.6) is 0 Å². The maximum Gasteiger partial charge on any atom is 0.225 e. The standard InChI is InChI=1S/C22H38ClN3O2/c1-3-28-15(2)20-9-8-18(14-24-20)22(27)26-21-10-7-17(13-25-21)11-16-5-4-6-19(23)12-16/h16-21,24-25H,2-14H2,1H3,(H,26,27). The van der Waals surface area contributed by atoms with Crippen molar-refractivity contribution in [1.82, 2.24) is 16.0 Å². The van der Waals surface area contributed by atoms with E-state index >= 15 is 0 Å². The molecule has 2 saturated heterocycles. The molecular formula is C22H38ClN3O2. The zero-order chi connectivity index (χ0) is 19.9. The summed E-state index contributed by atoms with van der Waals surface area (Å²) >= 11 is 6.35. The topological polar surface area (TPSA) is 62.4 Å². The van der Waals surface area contributed by atoms with Crippen LogP contribution in [-0.2, 0) is 9.53 Å². The van der Waals surface area contributed by atoms with Crippen molar-refractivity contribution in [3.05, 3.63) is 12.3 Å². The molecule has 6 heteroatoms. The van der Waals surface area contributed by atoms with E-state index in [-0.39, 0.29) is 24.0 Å². The van der Waals surface area contributed by atoms with Crippen LogP contribution in [0, 0.1) is 17.8 Å². The number of nitrogens with one attached hydrogen (secondary N) is 3. The van der Waals surface area contributed by atoms with Crippen LogP contribution < -0.4 is 16.0 Å².